The van der Waals surface area contributed by atoms with Crippen molar-refractivity contribution in [3.8, 4) is 6.07 Å². The van der Waals surface area contributed by atoms with Gasteiger partial charge in [0.1, 0.15) is 11.6 Å². The largest absolute Gasteiger partial charge is 0.373 e. The molecule has 2 amide bonds. The summed E-state index contributed by atoms with van der Waals surface area (Å²) in [6.07, 6.45) is 0.825. The van der Waals surface area contributed by atoms with Crippen molar-refractivity contribution in [2.45, 2.75) is 85.2 Å². The smallest absolute Gasteiger partial charge is 0.272 e. The van der Waals surface area contributed by atoms with Crippen LogP contribution in [0.15, 0.2) is 42.0 Å². The molecule has 12 heteroatoms. The third-order valence-electron chi connectivity index (χ3n) is 7.96. The summed E-state index contributed by atoms with van der Waals surface area (Å²) in [6, 6.07) is 10.5. The van der Waals surface area contributed by atoms with Crippen LogP contribution in [0.25, 0.3) is 11.0 Å². The average Bonchev–Trinajstić information content (AvgIpc) is 3.70. The number of likely N-dealkylation sites (tertiary alicyclic amines) is 1. The normalized spacial score (nSPS) is 21.4. The molecule has 1 aromatic carbocycles. The Hall–Kier alpha value is -3.66. The van der Waals surface area contributed by atoms with Gasteiger partial charge in [-0.15, -0.1) is 11.3 Å². The second-order valence-corrected chi connectivity index (χ2v) is 14.2. The van der Waals surface area contributed by atoms with Gasteiger partial charge in [0.05, 0.1) is 39.0 Å². The Kier molecular flexibility index (Phi) is 9.72. The molecule has 2 aromatic heterocycles. The number of halogens is 2. The molecule has 240 valence electrons. The number of nitrogens with one attached hydrogen (secondary N) is 1. The zero-order valence-electron chi connectivity index (χ0n) is 26.3. The second-order valence-electron chi connectivity index (χ2n) is 13.1. The number of fused-ring (bicyclic) bond motifs is 1. The van der Waals surface area contributed by atoms with Crippen molar-refractivity contribution >= 4 is 40.1 Å². The molecule has 5 rings (SSSR count). The van der Waals surface area contributed by atoms with E-state index in [1.165, 1.54) is 12.1 Å². The number of alkyl halides is 2. The number of rotatable bonds is 8. The second kappa shape index (κ2) is 13.4. The van der Waals surface area contributed by atoms with Crippen LogP contribution in [0.2, 0.25) is 0 Å². The first-order valence-corrected chi connectivity index (χ1v) is 16.1. The molecule has 9 nitrogen and oxygen atoms in total. The van der Waals surface area contributed by atoms with Crippen molar-refractivity contribution in [2.24, 2.45) is 5.41 Å². The number of nitrogens with zero attached hydrogens (tertiary/aromatic N) is 5. The van der Waals surface area contributed by atoms with E-state index in [1.54, 1.807) is 11.0 Å². The molecule has 2 unspecified atom stereocenters. The van der Waals surface area contributed by atoms with Gasteiger partial charge in [-0.25, -0.2) is 13.8 Å². The zero-order valence-corrected chi connectivity index (χ0v) is 27.2. The maximum atomic E-state index is 13.5. The summed E-state index contributed by atoms with van der Waals surface area (Å²) in [6.45, 7) is 13.2. The topological polar surface area (TPSA) is 103 Å². The number of ether oxygens (including phenoxy) is 1. The summed E-state index contributed by atoms with van der Waals surface area (Å²) < 4.78 is 34.2. The zero-order chi connectivity index (χ0) is 32.5. The highest BCUT2D eigenvalue weighted by Gasteiger charge is 2.33. The first kappa shape index (κ1) is 32.7. The number of imidazole rings is 1. The molecule has 2 fully saturated rings. The minimum atomic E-state index is -2.66. The Bertz CT molecular complexity index is 1620. The number of hydrogen-bond donors (Lipinski definition) is 1. The molecule has 0 saturated carbocycles. The number of amides is 2. The van der Waals surface area contributed by atoms with E-state index in [4.69, 9.17) is 9.72 Å². The number of hydrogen-bond acceptors (Lipinski definition) is 7. The predicted octanol–water partition coefficient (Wildman–Crippen LogP) is 6.38. The van der Waals surface area contributed by atoms with Crippen molar-refractivity contribution in [3.63, 3.8) is 0 Å². The van der Waals surface area contributed by atoms with Crippen molar-refractivity contribution in [2.75, 3.05) is 25.0 Å². The van der Waals surface area contributed by atoms with Gasteiger partial charge in [-0.2, -0.15) is 5.26 Å². The molecule has 0 radical (unpaired) electrons. The lowest BCUT2D eigenvalue weighted by atomic mass is 9.93. The summed E-state index contributed by atoms with van der Waals surface area (Å²) in [4.78, 5) is 35.6. The molecule has 1 N–H and O–H groups in total. The molecule has 2 aliphatic rings. The molecule has 0 aliphatic carbocycles. The lowest BCUT2D eigenvalue weighted by Crippen LogP contribution is -2.44. The van der Waals surface area contributed by atoms with Gasteiger partial charge in [0.15, 0.2) is 0 Å². The Morgan fingerprint density at radius 1 is 1.20 bits per heavy atom. The minimum absolute atomic E-state index is 0.113. The van der Waals surface area contributed by atoms with Gasteiger partial charge < -0.3 is 14.2 Å². The fraction of sp³-hybridized carbons (Fsp3) is 0.515. The number of morpholine rings is 1. The highest BCUT2D eigenvalue weighted by Crippen LogP contribution is 2.30. The molecule has 4 heterocycles. The third-order valence-corrected chi connectivity index (χ3v) is 9.06. The molecule has 0 bridgehead atoms. The maximum absolute atomic E-state index is 13.5. The van der Waals surface area contributed by atoms with Crippen LogP contribution in [0.1, 0.15) is 74.0 Å². The van der Waals surface area contributed by atoms with Gasteiger partial charge in [-0.05, 0) is 61.9 Å². The van der Waals surface area contributed by atoms with Crippen molar-refractivity contribution in [3.05, 3.63) is 57.3 Å². The number of nitriles is 1. The molecule has 2 aliphatic heterocycles. The molecule has 45 heavy (non-hydrogen) atoms. The van der Waals surface area contributed by atoms with Gasteiger partial charge in [0.2, 0.25) is 5.95 Å². The van der Waals surface area contributed by atoms with E-state index in [1.807, 2.05) is 43.5 Å². The Balaban J connectivity index is 1.46. The van der Waals surface area contributed by atoms with Crippen LogP contribution in [0.3, 0.4) is 0 Å². The highest BCUT2D eigenvalue weighted by atomic mass is 32.1. The van der Waals surface area contributed by atoms with Gasteiger partial charge >= 0.3 is 0 Å². The lowest BCUT2D eigenvalue weighted by molar-refractivity contribution is -0.127. The number of aromatic nitrogens is 2. The molecular weight excluding hydrogens is 598 g/mol. The van der Waals surface area contributed by atoms with E-state index in [-0.39, 0.29) is 50.8 Å². The molecule has 3 aromatic rings. The predicted molar refractivity (Wildman–Crippen MR) is 170 cm³/mol. The van der Waals surface area contributed by atoms with Gasteiger partial charge in [0, 0.05) is 32.7 Å². The standard InChI is InChI=1S/C33H40F2N6O3S/c1-20-16-39(17-21(2)44-20)18-22-8-9-26-25(13-22)37-32(38-30(42)28-11-10-27(45-28)29(34)35)41(26)19-24-7-6-12-40(24)31(43)23(15-36)14-33(3,4)5/h8-11,13-14,20-21,24,29H,6-7,12,16-19H2,1-5H3,(H,37,38,42)/b23-14+/t20?,21?,24-/m1/s1. The summed E-state index contributed by atoms with van der Waals surface area (Å²) in [5, 5.41) is 12.6. The van der Waals surface area contributed by atoms with Crippen LogP contribution in [-0.4, -0.2) is 69.0 Å². The van der Waals surface area contributed by atoms with E-state index < -0.39 is 12.3 Å². The lowest BCUT2D eigenvalue weighted by Gasteiger charge is -2.35. The Morgan fingerprint density at radius 3 is 2.58 bits per heavy atom. The minimum Gasteiger partial charge on any atom is -0.373 e. The van der Waals surface area contributed by atoms with Crippen LogP contribution >= 0.6 is 11.3 Å². The molecule has 0 spiro atoms. The van der Waals surface area contributed by atoms with Crippen LogP contribution in [0, 0.1) is 16.7 Å². The van der Waals surface area contributed by atoms with Crippen molar-refractivity contribution in [1.82, 2.24) is 19.4 Å². The van der Waals surface area contributed by atoms with Crippen LogP contribution in [-0.2, 0) is 22.6 Å². The van der Waals surface area contributed by atoms with E-state index in [0.717, 1.165) is 54.9 Å². The van der Waals surface area contributed by atoms with Crippen LogP contribution < -0.4 is 5.32 Å². The highest BCUT2D eigenvalue weighted by molar-refractivity contribution is 7.14. The number of allylic oxidation sites excluding steroid dienone is 1. The molecule has 2 saturated heterocycles. The number of carbonyl (C=O) groups is 2. The van der Waals surface area contributed by atoms with E-state index in [9.17, 15) is 23.6 Å². The average molecular weight is 639 g/mol. The van der Waals surface area contributed by atoms with E-state index >= 15 is 0 Å². The fourth-order valence-electron chi connectivity index (χ4n) is 6.21. The van der Waals surface area contributed by atoms with Crippen LogP contribution in [0.4, 0.5) is 14.7 Å². The first-order chi connectivity index (χ1) is 21.3. The van der Waals surface area contributed by atoms with Crippen molar-refractivity contribution in [1.29, 1.82) is 5.26 Å². The van der Waals surface area contributed by atoms with Crippen LogP contribution in [0.5, 0.6) is 0 Å². The number of thiophene rings is 1. The van der Waals surface area contributed by atoms with Crippen molar-refractivity contribution < 1.29 is 23.1 Å². The number of anilines is 1. The quantitative estimate of drug-likeness (QED) is 0.227. The SMILES string of the molecule is CC1CN(Cc2ccc3c(c2)nc(NC(=O)c2ccc(C(F)F)s2)n3C[C@H]2CCCN2C(=O)/C(C#N)=C/C(C)(C)C)CC(C)O1. The molecule has 3 atom stereocenters. The maximum Gasteiger partial charge on any atom is 0.272 e. The number of benzene rings is 1. The third kappa shape index (κ3) is 7.77. The molecular formula is C33H40F2N6O3S. The van der Waals surface area contributed by atoms with E-state index in [2.05, 4.69) is 30.1 Å². The number of carbonyl (C=O) groups excluding carboxylic acids is 2. The van der Waals surface area contributed by atoms with E-state index in [0.29, 0.717) is 18.6 Å². The Morgan fingerprint density at radius 2 is 1.93 bits per heavy atom. The van der Waals surface area contributed by atoms with Gasteiger partial charge in [-0.3, -0.25) is 19.8 Å². The summed E-state index contributed by atoms with van der Waals surface area (Å²) in [5.41, 5.74) is 2.30. The fourth-order valence-corrected chi connectivity index (χ4v) is 6.97. The Labute approximate surface area is 266 Å². The van der Waals surface area contributed by atoms with Gasteiger partial charge in [0.25, 0.3) is 18.2 Å². The summed E-state index contributed by atoms with van der Waals surface area (Å²) >= 11 is 0.746. The first-order valence-electron chi connectivity index (χ1n) is 15.3. The summed E-state index contributed by atoms with van der Waals surface area (Å²) in [7, 11) is 0. The monoisotopic (exact) mass is 638 g/mol. The van der Waals surface area contributed by atoms with Gasteiger partial charge in [-0.1, -0.05) is 32.9 Å². The summed E-state index contributed by atoms with van der Waals surface area (Å²) in [5.74, 6) is -0.559.